The first-order chi connectivity index (χ1) is 9.20. The lowest BCUT2D eigenvalue weighted by molar-refractivity contribution is 0.184. The monoisotopic (exact) mass is 266 g/mol. The highest BCUT2D eigenvalue weighted by Crippen LogP contribution is 2.17. The van der Waals surface area contributed by atoms with Gasteiger partial charge in [0, 0.05) is 31.9 Å². The fourth-order valence-electron chi connectivity index (χ4n) is 2.18. The molecule has 5 nitrogen and oxygen atoms in total. The minimum atomic E-state index is -0.339. The summed E-state index contributed by atoms with van der Waals surface area (Å²) in [6.45, 7) is 3.89. The van der Waals surface area contributed by atoms with Crippen molar-refractivity contribution in [1.82, 2.24) is 15.2 Å². The predicted molar refractivity (Wildman–Crippen MR) is 71.5 cm³/mol. The van der Waals surface area contributed by atoms with E-state index in [4.69, 9.17) is 0 Å². The van der Waals surface area contributed by atoms with E-state index in [9.17, 15) is 9.18 Å². The maximum Gasteiger partial charge on any atom is 0.317 e. The molecule has 1 aliphatic rings. The largest absolute Gasteiger partial charge is 0.365 e. The molecule has 2 rings (SSSR count). The van der Waals surface area contributed by atoms with E-state index < -0.39 is 0 Å². The van der Waals surface area contributed by atoms with Gasteiger partial charge < -0.3 is 15.5 Å². The molecule has 0 radical (unpaired) electrons. The number of rotatable bonds is 3. The number of anilines is 1. The van der Waals surface area contributed by atoms with Crippen LogP contribution in [0.4, 0.5) is 15.0 Å². The van der Waals surface area contributed by atoms with Gasteiger partial charge in [0.2, 0.25) is 0 Å². The molecule has 0 bridgehead atoms. The van der Waals surface area contributed by atoms with Crippen molar-refractivity contribution in [3.8, 4) is 0 Å². The smallest absolute Gasteiger partial charge is 0.317 e. The van der Waals surface area contributed by atoms with Gasteiger partial charge in [-0.2, -0.15) is 0 Å². The zero-order valence-corrected chi connectivity index (χ0v) is 11.0. The molecule has 0 saturated carbocycles. The van der Waals surface area contributed by atoms with E-state index in [2.05, 4.69) is 15.6 Å². The highest BCUT2D eigenvalue weighted by molar-refractivity contribution is 5.74. The molecule has 0 aliphatic carbocycles. The number of likely N-dealkylation sites (tertiary alicyclic amines) is 1. The molecule has 1 aromatic heterocycles. The van der Waals surface area contributed by atoms with E-state index in [1.165, 1.54) is 6.07 Å². The summed E-state index contributed by atoms with van der Waals surface area (Å²) < 4.78 is 13.5. The van der Waals surface area contributed by atoms with Crippen LogP contribution in [0.3, 0.4) is 0 Å². The lowest BCUT2D eigenvalue weighted by Gasteiger charge is -2.32. The Balaban J connectivity index is 1.84. The van der Waals surface area contributed by atoms with Gasteiger partial charge in [-0.15, -0.1) is 0 Å². The van der Waals surface area contributed by atoms with Crippen LogP contribution in [0, 0.1) is 5.82 Å². The highest BCUT2D eigenvalue weighted by Gasteiger charge is 2.22. The number of piperidine rings is 1. The zero-order valence-electron chi connectivity index (χ0n) is 11.0. The molecule has 1 fully saturated rings. The summed E-state index contributed by atoms with van der Waals surface area (Å²) in [5, 5.41) is 5.88. The van der Waals surface area contributed by atoms with Crippen LogP contribution in [0.15, 0.2) is 18.3 Å². The Morgan fingerprint density at radius 3 is 2.89 bits per heavy atom. The molecule has 0 aromatic carbocycles. The Morgan fingerprint density at radius 2 is 2.26 bits per heavy atom. The number of nitrogens with one attached hydrogen (secondary N) is 2. The molecular formula is C13H19FN4O. The average molecular weight is 266 g/mol. The predicted octanol–water partition coefficient (Wildman–Crippen LogP) is 1.83. The van der Waals surface area contributed by atoms with Gasteiger partial charge >= 0.3 is 6.03 Å². The number of carbonyl (C=O) groups excluding carboxylic acids is 1. The third kappa shape index (κ3) is 3.56. The van der Waals surface area contributed by atoms with Crippen molar-refractivity contribution in [1.29, 1.82) is 0 Å². The Kier molecular flexibility index (Phi) is 4.54. The summed E-state index contributed by atoms with van der Waals surface area (Å²) in [5.41, 5.74) is 0. The molecule has 104 valence electrons. The van der Waals surface area contributed by atoms with Crippen LogP contribution in [0.2, 0.25) is 0 Å². The molecular weight excluding hydrogens is 247 g/mol. The summed E-state index contributed by atoms with van der Waals surface area (Å²) in [5.74, 6) is -0.0485. The molecule has 2 N–H and O–H groups in total. The van der Waals surface area contributed by atoms with Gasteiger partial charge in [-0.1, -0.05) is 0 Å². The summed E-state index contributed by atoms with van der Waals surface area (Å²) in [6, 6.07) is 3.09. The molecule has 2 heterocycles. The first kappa shape index (κ1) is 13.6. The van der Waals surface area contributed by atoms with Gasteiger partial charge in [0.25, 0.3) is 0 Å². The van der Waals surface area contributed by atoms with Crippen LogP contribution >= 0.6 is 0 Å². The minimum Gasteiger partial charge on any atom is -0.365 e. The van der Waals surface area contributed by atoms with E-state index >= 15 is 0 Å². The molecule has 1 aliphatic heterocycles. The second-order valence-corrected chi connectivity index (χ2v) is 4.57. The molecule has 0 atom stereocenters. The number of hydrogen-bond acceptors (Lipinski definition) is 3. The van der Waals surface area contributed by atoms with Crippen molar-refractivity contribution < 1.29 is 9.18 Å². The summed E-state index contributed by atoms with van der Waals surface area (Å²) in [4.78, 5) is 17.4. The Hall–Kier alpha value is -1.85. The van der Waals surface area contributed by atoms with Crippen molar-refractivity contribution in [2.45, 2.75) is 25.8 Å². The first-order valence-corrected chi connectivity index (χ1v) is 6.60. The molecule has 2 amide bonds. The normalized spacial score (nSPS) is 16.2. The average Bonchev–Trinajstić information content (AvgIpc) is 2.42. The molecule has 0 unspecified atom stereocenters. The summed E-state index contributed by atoms with van der Waals surface area (Å²) in [6.07, 6.45) is 3.16. The second kappa shape index (κ2) is 6.36. The van der Waals surface area contributed by atoms with Gasteiger partial charge in [-0.05, 0) is 31.9 Å². The van der Waals surface area contributed by atoms with Crippen LogP contribution in [-0.2, 0) is 0 Å². The van der Waals surface area contributed by atoms with E-state index in [-0.39, 0.29) is 17.9 Å². The van der Waals surface area contributed by atoms with Crippen LogP contribution in [0.1, 0.15) is 19.8 Å². The first-order valence-electron chi connectivity index (χ1n) is 6.60. The molecule has 0 spiro atoms. The maximum absolute atomic E-state index is 13.5. The fraction of sp³-hybridized carbons (Fsp3) is 0.538. The number of halogens is 1. The van der Waals surface area contributed by atoms with Crippen LogP contribution in [-0.4, -0.2) is 41.6 Å². The molecule has 1 saturated heterocycles. The Labute approximate surface area is 112 Å². The SMILES string of the molecule is CCNC(=O)N1CCC(Nc2ncccc2F)CC1. The van der Waals surface area contributed by atoms with Crippen LogP contribution in [0.25, 0.3) is 0 Å². The van der Waals surface area contributed by atoms with Crippen molar-refractivity contribution >= 4 is 11.8 Å². The topological polar surface area (TPSA) is 57.3 Å². The third-order valence-corrected chi connectivity index (χ3v) is 3.21. The minimum absolute atomic E-state index is 0.0232. The fourth-order valence-corrected chi connectivity index (χ4v) is 2.18. The third-order valence-electron chi connectivity index (χ3n) is 3.21. The van der Waals surface area contributed by atoms with Crippen molar-refractivity contribution in [2.75, 3.05) is 25.0 Å². The van der Waals surface area contributed by atoms with Crippen LogP contribution < -0.4 is 10.6 Å². The number of nitrogens with zero attached hydrogens (tertiary/aromatic N) is 2. The van der Waals surface area contributed by atoms with Gasteiger partial charge in [0.1, 0.15) is 0 Å². The van der Waals surface area contributed by atoms with Crippen molar-refractivity contribution in [2.24, 2.45) is 0 Å². The van der Waals surface area contributed by atoms with Gasteiger partial charge in [0.05, 0.1) is 0 Å². The van der Waals surface area contributed by atoms with E-state index in [0.29, 0.717) is 25.5 Å². The van der Waals surface area contributed by atoms with Gasteiger partial charge in [-0.3, -0.25) is 0 Å². The number of pyridine rings is 1. The van der Waals surface area contributed by atoms with E-state index in [1.807, 2.05) is 6.92 Å². The van der Waals surface area contributed by atoms with E-state index in [0.717, 1.165) is 12.8 Å². The summed E-state index contributed by atoms with van der Waals surface area (Å²) >= 11 is 0. The molecule has 19 heavy (non-hydrogen) atoms. The maximum atomic E-state index is 13.5. The molecule has 1 aromatic rings. The Bertz CT molecular complexity index is 432. The van der Waals surface area contributed by atoms with E-state index in [1.54, 1.807) is 17.2 Å². The van der Waals surface area contributed by atoms with Crippen molar-refractivity contribution in [3.63, 3.8) is 0 Å². The number of urea groups is 1. The van der Waals surface area contributed by atoms with Gasteiger partial charge in [-0.25, -0.2) is 14.2 Å². The lowest BCUT2D eigenvalue weighted by Crippen LogP contribution is -2.46. The summed E-state index contributed by atoms with van der Waals surface area (Å²) in [7, 11) is 0. The number of hydrogen-bond donors (Lipinski definition) is 2. The quantitative estimate of drug-likeness (QED) is 0.877. The lowest BCUT2D eigenvalue weighted by atomic mass is 10.1. The Morgan fingerprint density at radius 1 is 1.53 bits per heavy atom. The van der Waals surface area contributed by atoms with Gasteiger partial charge in [0.15, 0.2) is 11.6 Å². The number of aromatic nitrogens is 1. The standard InChI is InChI=1S/C13H19FN4O/c1-2-15-13(19)18-8-5-10(6-9-18)17-12-11(14)4-3-7-16-12/h3-4,7,10H,2,5-6,8-9H2,1H3,(H,15,19)(H,16,17). The van der Waals surface area contributed by atoms with Crippen molar-refractivity contribution in [3.05, 3.63) is 24.1 Å². The highest BCUT2D eigenvalue weighted by atomic mass is 19.1. The number of carbonyl (C=O) groups is 1. The second-order valence-electron chi connectivity index (χ2n) is 4.57. The van der Waals surface area contributed by atoms with Crippen LogP contribution in [0.5, 0.6) is 0 Å². The molecule has 6 heteroatoms. The zero-order chi connectivity index (χ0) is 13.7. The number of amides is 2.